The van der Waals surface area contributed by atoms with Crippen molar-refractivity contribution in [3.05, 3.63) is 59.5 Å². The molecule has 140 valence electrons. The van der Waals surface area contributed by atoms with Crippen LogP contribution in [0, 0.1) is 17.5 Å². The summed E-state index contributed by atoms with van der Waals surface area (Å²) in [6.45, 7) is 1.75. The van der Waals surface area contributed by atoms with Gasteiger partial charge in [-0.15, -0.1) is 0 Å². The Morgan fingerprint density at radius 3 is 2.67 bits per heavy atom. The number of ether oxygens (including phenoxy) is 2. The topological polar surface area (TPSA) is 48.4 Å². The van der Waals surface area contributed by atoms with Gasteiger partial charge in [-0.05, 0) is 31.2 Å². The number of fused-ring (bicyclic) bond motifs is 1. The molecule has 2 aromatic carbocycles. The Bertz CT molecular complexity index is 1030. The first kappa shape index (κ1) is 19.0. The minimum absolute atomic E-state index is 0.0234. The van der Waals surface area contributed by atoms with Crippen LogP contribution >= 0.6 is 11.8 Å². The van der Waals surface area contributed by atoms with Gasteiger partial charge in [0.25, 0.3) is 0 Å². The van der Waals surface area contributed by atoms with Gasteiger partial charge in [0.1, 0.15) is 11.3 Å². The number of aromatic nitrogens is 1. The maximum atomic E-state index is 14.2. The third-order valence-electron chi connectivity index (χ3n) is 3.70. The van der Waals surface area contributed by atoms with Crippen LogP contribution < -0.4 is 4.74 Å². The van der Waals surface area contributed by atoms with Crippen LogP contribution in [-0.4, -0.2) is 24.7 Å². The fourth-order valence-electron chi connectivity index (χ4n) is 2.46. The number of hydrogen-bond donors (Lipinski definition) is 0. The zero-order valence-electron chi connectivity index (χ0n) is 14.4. The number of esters is 1. The molecular weight excluding hydrogens is 379 g/mol. The summed E-state index contributed by atoms with van der Waals surface area (Å²) in [6.07, 6.45) is 1.10. The minimum atomic E-state index is -1.61. The van der Waals surface area contributed by atoms with E-state index in [1.165, 1.54) is 7.11 Å². The van der Waals surface area contributed by atoms with Crippen LogP contribution in [0.5, 0.6) is 5.75 Å². The molecule has 8 heteroatoms. The summed E-state index contributed by atoms with van der Waals surface area (Å²) in [5.74, 6) is -4.51. The van der Waals surface area contributed by atoms with Crippen LogP contribution in [0.25, 0.3) is 10.9 Å². The number of methoxy groups -OCH3 is 1. The van der Waals surface area contributed by atoms with Crippen molar-refractivity contribution >= 4 is 28.6 Å². The fourth-order valence-corrected chi connectivity index (χ4v) is 3.53. The molecular formula is C19H14F3NO3S. The van der Waals surface area contributed by atoms with Gasteiger partial charge in [-0.25, -0.2) is 18.0 Å². The van der Waals surface area contributed by atoms with Crippen LogP contribution in [0.2, 0.25) is 0 Å². The molecule has 27 heavy (non-hydrogen) atoms. The van der Waals surface area contributed by atoms with E-state index in [2.05, 4.69) is 4.98 Å². The average Bonchev–Trinajstić information content (AvgIpc) is 2.67. The Morgan fingerprint density at radius 1 is 1.19 bits per heavy atom. The van der Waals surface area contributed by atoms with Crippen molar-refractivity contribution in [1.29, 1.82) is 0 Å². The highest BCUT2D eigenvalue weighted by atomic mass is 32.2. The van der Waals surface area contributed by atoms with Gasteiger partial charge in [-0.3, -0.25) is 4.98 Å². The largest absolute Gasteiger partial charge is 0.497 e. The highest BCUT2D eigenvalue weighted by Gasteiger charge is 2.23. The molecule has 0 saturated heterocycles. The third kappa shape index (κ3) is 3.71. The third-order valence-corrected chi connectivity index (χ3v) is 4.84. The summed E-state index contributed by atoms with van der Waals surface area (Å²) < 4.78 is 51.8. The van der Waals surface area contributed by atoms with Crippen molar-refractivity contribution < 1.29 is 27.4 Å². The number of benzene rings is 2. The summed E-state index contributed by atoms with van der Waals surface area (Å²) in [5, 5.41) is -0.0234. The molecule has 1 heterocycles. The van der Waals surface area contributed by atoms with Crippen molar-refractivity contribution in [3.63, 3.8) is 0 Å². The van der Waals surface area contributed by atoms with E-state index in [9.17, 15) is 18.0 Å². The van der Waals surface area contributed by atoms with Gasteiger partial charge >= 0.3 is 5.97 Å². The summed E-state index contributed by atoms with van der Waals surface area (Å²) >= 11 is 1.07. The summed E-state index contributed by atoms with van der Waals surface area (Å²) in [7, 11) is 1.50. The van der Waals surface area contributed by atoms with Crippen LogP contribution in [0.3, 0.4) is 0 Å². The predicted octanol–water partition coefficient (Wildman–Crippen LogP) is 4.99. The van der Waals surface area contributed by atoms with Crippen LogP contribution in [-0.2, 0) is 4.74 Å². The highest BCUT2D eigenvalue weighted by molar-refractivity contribution is 7.99. The zero-order valence-corrected chi connectivity index (χ0v) is 15.2. The van der Waals surface area contributed by atoms with Crippen LogP contribution in [0.1, 0.15) is 17.3 Å². The normalized spacial score (nSPS) is 10.9. The van der Waals surface area contributed by atoms with Crippen molar-refractivity contribution in [2.24, 2.45) is 0 Å². The number of nitrogens with zero attached hydrogens (tertiary/aromatic N) is 1. The molecule has 0 spiro atoms. The Balaban J connectivity index is 2.24. The molecule has 0 amide bonds. The Labute approximate surface area is 157 Å². The predicted molar refractivity (Wildman–Crippen MR) is 94.7 cm³/mol. The second kappa shape index (κ2) is 7.87. The molecule has 0 atom stereocenters. The molecule has 3 aromatic rings. The Kier molecular flexibility index (Phi) is 5.55. The van der Waals surface area contributed by atoms with Gasteiger partial charge < -0.3 is 9.47 Å². The number of carbonyl (C=O) groups is 1. The summed E-state index contributed by atoms with van der Waals surface area (Å²) in [5.41, 5.74) is -0.338. The molecule has 0 aliphatic rings. The van der Waals surface area contributed by atoms with E-state index in [0.717, 1.165) is 24.0 Å². The maximum Gasteiger partial charge on any atom is 0.340 e. The summed E-state index contributed by atoms with van der Waals surface area (Å²) in [4.78, 5) is 17.0. The van der Waals surface area contributed by atoms with E-state index >= 15 is 0 Å². The Morgan fingerprint density at radius 2 is 1.96 bits per heavy atom. The second-order valence-electron chi connectivity index (χ2n) is 5.39. The molecule has 0 aliphatic carbocycles. The Hall–Kier alpha value is -2.74. The molecule has 3 rings (SSSR count). The van der Waals surface area contributed by atoms with Crippen molar-refractivity contribution in [1.82, 2.24) is 4.98 Å². The van der Waals surface area contributed by atoms with Gasteiger partial charge in [0, 0.05) is 21.4 Å². The lowest BCUT2D eigenvalue weighted by Crippen LogP contribution is -2.08. The van der Waals surface area contributed by atoms with E-state index in [4.69, 9.17) is 9.47 Å². The van der Waals surface area contributed by atoms with E-state index in [1.807, 2.05) is 0 Å². The van der Waals surface area contributed by atoms with Gasteiger partial charge in [0.05, 0.1) is 19.3 Å². The smallest absolute Gasteiger partial charge is 0.340 e. The standard InChI is InChI=1S/C19H14F3NO3S/c1-3-26-19(24)13-9-23-17-12(8-14(20)15(21)16(17)22)18(13)27-11-6-4-5-10(7-11)25-2/h4-9H,3H2,1-2H3. The van der Waals surface area contributed by atoms with E-state index in [1.54, 1.807) is 31.2 Å². The molecule has 0 saturated carbocycles. The first-order chi connectivity index (χ1) is 13.0. The van der Waals surface area contributed by atoms with E-state index in [-0.39, 0.29) is 28.0 Å². The number of carbonyl (C=O) groups excluding carboxylic acids is 1. The SMILES string of the molecule is CCOC(=O)c1cnc2c(F)c(F)c(F)cc2c1Sc1cccc(OC)c1. The molecule has 0 fully saturated rings. The van der Waals surface area contributed by atoms with Gasteiger partial charge in [0.2, 0.25) is 0 Å². The molecule has 4 nitrogen and oxygen atoms in total. The van der Waals surface area contributed by atoms with Gasteiger partial charge in [-0.1, -0.05) is 17.8 Å². The highest BCUT2D eigenvalue weighted by Crippen LogP contribution is 2.38. The molecule has 0 bridgehead atoms. The van der Waals surface area contributed by atoms with Crippen LogP contribution in [0.15, 0.2) is 46.3 Å². The van der Waals surface area contributed by atoms with E-state index < -0.39 is 23.4 Å². The molecule has 0 radical (unpaired) electrons. The van der Waals surface area contributed by atoms with Crippen molar-refractivity contribution in [2.45, 2.75) is 16.7 Å². The lowest BCUT2D eigenvalue weighted by molar-refractivity contribution is 0.0522. The average molecular weight is 393 g/mol. The number of pyridine rings is 1. The van der Waals surface area contributed by atoms with Crippen LogP contribution in [0.4, 0.5) is 13.2 Å². The molecule has 1 aromatic heterocycles. The van der Waals surface area contributed by atoms with Gasteiger partial charge in [0.15, 0.2) is 17.5 Å². The van der Waals surface area contributed by atoms with Gasteiger partial charge in [-0.2, -0.15) is 0 Å². The first-order valence-corrected chi connectivity index (χ1v) is 8.73. The van der Waals surface area contributed by atoms with E-state index in [0.29, 0.717) is 10.6 Å². The molecule has 0 N–H and O–H groups in total. The maximum absolute atomic E-state index is 14.2. The lowest BCUT2D eigenvalue weighted by Gasteiger charge is -2.13. The quantitative estimate of drug-likeness (QED) is 0.452. The summed E-state index contributed by atoms with van der Waals surface area (Å²) in [6, 6.07) is 7.73. The first-order valence-electron chi connectivity index (χ1n) is 7.91. The molecule has 0 unspecified atom stereocenters. The minimum Gasteiger partial charge on any atom is -0.497 e. The molecule has 0 aliphatic heterocycles. The number of hydrogen-bond acceptors (Lipinski definition) is 5. The number of rotatable bonds is 5. The monoisotopic (exact) mass is 393 g/mol. The van der Waals surface area contributed by atoms with Crippen molar-refractivity contribution in [3.8, 4) is 5.75 Å². The second-order valence-corrected chi connectivity index (χ2v) is 6.47. The van der Waals surface area contributed by atoms with Crippen molar-refractivity contribution in [2.75, 3.05) is 13.7 Å². The number of halogens is 3. The lowest BCUT2D eigenvalue weighted by atomic mass is 10.1. The fraction of sp³-hybridized carbons (Fsp3) is 0.158. The zero-order chi connectivity index (χ0) is 19.6.